The zero-order valence-electron chi connectivity index (χ0n) is 24.4. The lowest BCUT2D eigenvalue weighted by atomic mass is 10.0. The lowest BCUT2D eigenvalue weighted by Crippen LogP contribution is -1.97. The van der Waals surface area contributed by atoms with Gasteiger partial charge >= 0.3 is 0 Å². The summed E-state index contributed by atoms with van der Waals surface area (Å²) in [6.45, 7) is 0. The highest BCUT2D eigenvalue weighted by Gasteiger charge is 2.17. The summed E-state index contributed by atoms with van der Waals surface area (Å²) in [6, 6.07) is 58.6. The minimum atomic E-state index is 0.739. The van der Waals surface area contributed by atoms with Gasteiger partial charge in [0.25, 0.3) is 0 Å². The van der Waals surface area contributed by atoms with Gasteiger partial charge in [-0.2, -0.15) is 0 Å². The molecule has 0 unspecified atom stereocenters. The largest absolute Gasteiger partial charge is 0.309 e. The van der Waals surface area contributed by atoms with E-state index in [1.807, 2.05) is 12.1 Å². The molecule has 7 aromatic carbocycles. The van der Waals surface area contributed by atoms with Crippen molar-refractivity contribution in [1.29, 1.82) is 0 Å². The van der Waals surface area contributed by atoms with Crippen LogP contribution >= 0.6 is 11.6 Å². The normalized spacial score (nSPS) is 11.7. The van der Waals surface area contributed by atoms with Crippen molar-refractivity contribution in [3.63, 3.8) is 0 Å². The van der Waals surface area contributed by atoms with E-state index in [1.54, 1.807) is 0 Å². The van der Waals surface area contributed by atoms with Crippen LogP contribution in [-0.4, -0.2) is 9.13 Å². The molecule has 0 N–H and O–H groups in total. The molecule has 0 bridgehead atoms. The summed E-state index contributed by atoms with van der Waals surface area (Å²) in [5.41, 5.74) is 11.8. The summed E-state index contributed by atoms with van der Waals surface area (Å²) in [7, 11) is 0. The second-order valence-corrected chi connectivity index (χ2v) is 12.0. The van der Waals surface area contributed by atoms with Crippen molar-refractivity contribution in [3.8, 4) is 33.6 Å². The molecule has 0 aliphatic rings. The number of benzene rings is 7. The minimum absolute atomic E-state index is 0.739. The zero-order chi connectivity index (χ0) is 29.9. The van der Waals surface area contributed by atoms with Gasteiger partial charge in [0.2, 0.25) is 0 Å². The SMILES string of the molecule is Clc1ccc(-c2ccccc2-n2c3ccccc3c3cc(-c4ccc5c6ccccc6n(-c6ccccc6)c5c4)ccc32)cc1. The van der Waals surface area contributed by atoms with E-state index in [-0.39, 0.29) is 0 Å². The predicted octanol–water partition coefficient (Wildman–Crippen LogP) is 11.9. The van der Waals surface area contributed by atoms with E-state index in [2.05, 4.69) is 161 Å². The fourth-order valence-electron chi connectivity index (χ4n) is 6.96. The van der Waals surface area contributed by atoms with E-state index in [4.69, 9.17) is 11.6 Å². The van der Waals surface area contributed by atoms with Crippen LogP contribution in [0.25, 0.3) is 77.2 Å². The molecule has 0 spiro atoms. The molecule has 0 atom stereocenters. The van der Waals surface area contributed by atoms with Crippen molar-refractivity contribution in [2.45, 2.75) is 0 Å². The van der Waals surface area contributed by atoms with Crippen LogP contribution in [0.2, 0.25) is 5.02 Å². The number of rotatable bonds is 4. The lowest BCUT2D eigenvalue weighted by Gasteiger charge is -2.14. The number of nitrogens with zero attached hydrogens (tertiary/aromatic N) is 2. The van der Waals surface area contributed by atoms with E-state index in [9.17, 15) is 0 Å². The molecule has 212 valence electrons. The van der Waals surface area contributed by atoms with Gasteiger partial charge in [-0.25, -0.2) is 0 Å². The Bertz CT molecular complexity index is 2540. The van der Waals surface area contributed by atoms with Crippen LogP contribution in [0.3, 0.4) is 0 Å². The molecule has 2 nitrogen and oxygen atoms in total. The first-order valence-electron chi connectivity index (χ1n) is 15.2. The average Bonchev–Trinajstić information content (AvgIpc) is 3.61. The van der Waals surface area contributed by atoms with Crippen LogP contribution in [0.5, 0.6) is 0 Å². The average molecular weight is 595 g/mol. The van der Waals surface area contributed by atoms with Crippen LogP contribution in [-0.2, 0) is 0 Å². The van der Waals surface area contributed by atoms with Gasteiger partial charge in [-0.3, -0.25) is 0 Å². The molecule has 2 heterocycles. The van der Waals surface area contributed by atoms with Crippen LogP contribution in [0.15, 0.2) is 164 Å². The highest BCUT2D eigenvalue weighted by atomic mass is 35.5. The standard InChI is InChI=1S/C42H27ClN2/c43-31-22-18-28(19-23-31)33-12-4-7-15-38(33)45-40-17-9-6-14-35(40)37-26-29(21-25-41(37)45)30-20-24-36-34-13-5-8-16-39(34)44(42(36)27-30)32-10-2-1-3-11-32/h1-27H. The van der Waals surface area contributed by atoms with Gasteiger partial charge in [0, 0.05) is 37.8 Å². The number of hydrogen-bond acceptors (Lipinski definition) is 0. The number of hydrogen-bond donors (Lipinski definition) is 0. The second kappa shape index (κ2) is 10.3. The monoisotopic (exact) mass is 594 g/mol. The first-order chi connectivity index (χ1) is 22.2. The summed E-state index contributed by atoms with van der Waals surface area (Å²) in [6.07, 6.45) is 0. The summed E-state index contributed by atoms with van der Waals surface area (Å²) in [5.74, 6) is 0. The number of para-hydroxylation sites is 4. The predicted molar refractivity (Wildman–Crippen MR) is 191 cm³/mol. The summed E-state index contributed by atoms with van der Waals surface area (Å²) in [5, 5.41) is 5.73. The van der Waals surface area contributed by atoms with Crippen molar-refractivity contribution in [2.75, 3.05) is 0 Å². The first-order valence-corrected chi connectivity index (χ1v) is 15.6. The molecule has 45 heavy (non-hydrogen) atoms. The van der Waals surface area contributed by atoms with E-state index >= 15 is 0 Å². The Morgan fingerprint density at radius 2 is 0.911 bits per heavy atom. The fraction of sp³-hybridized carbons (Fsp3) is 0. The smallest absolute Gasteiger partial charge is 0.0547 e. The maximum atomic E-state index is 6.25. The molecule has 0 radical (unpaired) electrons. The molecule has 0 saturated carbocycles. The topological polar surface area (TPSA) is 9.86 Å². The van der Waals surface area contributed by atoms with Crippen molar-refractivity contribution in [1.82, 2.24) is 9.13 Å². The van der Waals surface area contributed by atoms with Crippen molar-refractivity contribution < 1.29 is 0 Å². The van der Waals surface area contributed by atoms with Crippen molar-refractivity contribution >= 4 is 55.2 Å². The maximum Gasteiger partial charge on any atom is 0.0547 e. The fourth-order valence-corrected chi connectivity index (χ4v) is 7.09. The highest BCUT2D eigenvalue weighted by molar-refractivity contribution is 6.30. The van der Waals surface area contributed by atoms with E-state index in [1.165, 1.54) is 66.0 Å². The number of halogens is 1. The molecule has 9 rings (SSSR count). The summed E-state index contributed by atoms with van der Waals surface area (Å²) >= 11 is 6.25. The van der Waals surface area contributed by atoms with Gasteiger partial charge in [-0.1, -0.05) is 115 Å². The zero-order valence-corrected chi connectivity index (χ0v) is 25.1. The highest BCUT2D eigenvalue weighted by Crippen LogP contribution is 2.39. The Hall–Kier alpha value is -5.57. The molecule has 0 amide bonds. The Kier molecular flexibility index (Phi) is 5.90. The molecule has 0 fully saturated rings. The maximum absolute atomic E-state index is 6.25. The van der Waals surface area contributed by atoms with Gasteiger partial charge in [0.05, 0.1) is 27.8 Å². The second-order valence-electron chi connectivity index (χ2n) is 11.5. The number of fused-ring (bicyclic) bond motifs is 6. The molecule has 0 aliphatic heterocycles. The van der Waals surface area contributed by atoms with Crippen molar-refractivity contribution in [2.24, 2.45) is 0 Å². The molecule has 9 aromatic rings. The Balaban J connectivity index is 1.26. The molecular formula is C42H27ClN2. The Morgan fingerprint density at radius 1 is 0.356 bits per heavy atom. The van der Waals surface area contributed by atoms with Crippen LogP contribution in [0.4, 0.5) is 0 Å². The number of aromatic nitrogens is 2. The Labute approximate surface area is 266 Å². The summed E-state index contributed by atoms with van der Waals surface area (Å²) < 4.78 is 4.78. The Morgan fingerprint density at radius 3 is 1.71 bits per heavy atom. The van der Waals surface area contributed by atoms with Gasteiger partial charge < -0.3 is 9.13 Å². The van der Waals surface area contributed by atoms with Crippen molar-refractivity contribution in [3.05, 3.63) is 169 Å². The molecule has 2 aromatic heterocycles. The van der Waals surface area contributed by atoms with Gasteiger partial charge in [0.15, 0.2) is 0 Å². The van der Waals surface area contributed by atoms with Crippen LogP contribution in [0.1, 0.15) is 0 Å². The first kappa shape index (κ1) is 25.9. The van der Waals surface area contributed by atoms with E-state index in [0.29, 0.717) is 0 Å². The third kappa shape index (κ3) is 4.11. The molecule has 3 heteroatoms. The molecule has 0 aliphatic carbocycles. The third-order valence-corrected chi connectivity index (χ3v) is 9.25. The van der Waals surface area contributed by atoms with Crippen LogP contribution in [0, 0.1) is 0 Å². The third-order valence-electron chi connectivity index (χ3n) is 8.99. The van der Waals surface area contributed by atoms with Gasteiger partial charge in [0.1, 0.15) is 0 Å². The van der Waals surface area contributed by atoms with Gasteiger partial charge in [-0.15, -0.1) is 0 Å². The molecular weight excluding hydrogens is 568 g/mol. The van der Waals surface area contributed by atoms with Gasteiger partial charge in [-0.05, 0) is 77.4 Å². The lowest BCUT2D eigenvalue weighted by molar-refractivity contribution is 1.18. The summed E-state index contributed by atoms with van der Waals surface area (Å²) in [4.78, 5) is 0. The van der Waals surface area contributed by atoms with E-state index in [0.717, 1.165) is 16.3 Å². The quantitative estimate of drug-likeness (QED) is 0.192. The molecule has 0 saturated heterocycles. The minimum Gasteiger partial charge on any atom is -0.309 e. The van der Waals surface area contributed by atoms with E-state index < -0.39 is 0 Å². The van der Waals surface area contributed by atoms with Crippen LogP contribution < -0.4 is 0 Å².